The Kier molecular flexibility index (Phi) is 4.66. The van der Waals surface area contributed by atoms with Crippen LogP contribution in [0.25, 0.3) is 0 Å². The number of nitrogens with two attached hydrogens (primary N) is 1. The highest BCUT2D eigenvalue weighted by Crippen LogP contribution is 2.22. The molecule has 0 bridgehead atoms. The number of likely N-dealkylation sites (N-methyl/N-ethyl adjacent to an activating group) is 1. The van der Waals surface area contributed by atoms with Crippen LogP contribution in [-0.4, -0.2) is 37.4 Å². The topological polar surface area (TPSA) is 75.4 Å². The van der Waals surface area contributed by atoms with Gasteiger partial charge >= 0.3 is 0 Å². The minimum atomic E-state index is -0.609. The van der Waals surface area contributed by atoms with Gasteiger partial charge in [0.05, 0.1) is 17.8 Å². The summed E-state index contributed by atoms with van der Waals surface area (Å²) in [6.07, 6.45) is 0. The normalized spacial score (nSPS) is 10.0. The van der Waals surface area contributed by atoms with Crippen molar-refractivity contribution in [2.45, 2.75) is 0 Å². The van der Waals surface area contributed by atoms with Crippen LogP contribution in [0.2, 0.25) is 0 Å². The van der Waals surface area contributed by atoms with E-state index in [9.17, 15) is 14.0 Å². The minimum absolute atomic E-state index is 0.123. The van der Waals surface area contributed by atoms with E-state index >= 15 is 0 Å². The van der Waals surface area contributed by atoms with Crippen molar-refractivity contribution in [2.24, 2.45) is 0 Å². The summed E-state index contributed by atoms with van der Waals surface area (Å²) in [6.45, 7) is -0.129. The Morgan fingerprint density at radius 3 is 2.61 bits per heavy atom. The molecule has 5 nitrogen and oxygen atoms in total. The van der Waals surface area contributed by atoms with E-state index in [0.717, 1.165) is 6.07 Å². The standard InChI is InChI=1S/C11H13BrFN3O2/c1-16(2)10(17)5-15-11(18)6-3-9(14)8(13)4-7(6)12/h3-4H,5,14H2,1-2H3,(H,15,18). The van der Waals surface area contributed by atoms with Gasteiger partial charge in [0.2, 0.25) is 5.91 Å². The van der Waals surface area contributed by atoms with E-state index in [1.54, 1.807) is 14.1 Å². The monoisotopic (exact) mass is 317 g/mol. The first kappa shape index (κ1) is 14.4. The molecular weight excluding hydrogens is 305 g/mol. The maximum atomic E-state index is 13.1. The number of amides is 2. The molecule has 0 aliphatic carbocycles. The number of carbonyl (C=O) groups is 2. The number of carbonyl (C=O) groups excluding carboxylic acids is 2. The maximum absolute atomic E-state index is 13.1. The molecule has 3 N–H and O–H groups in total. The smallest absolute Gasteiger partial charge is 0.252 e. The predicted molar refractivity (Wildman–Crippen MR) is 69.5 cm³/mol. The average molecular weight is 318 g/mol. The molecule has 0 aromatic heterocycles. The van der Waals surface area contributed by atoms with Gasteiger partial charge in [-0.05, 0) is 28.1 Å². The average Bonchev–Trinajstić information content (AvgIpc) is 2.30. The second-order valence-electron chi connectivity index (χ2n) is 3.82. The van der Waals surface area contributed by atoms with Crippen molar-refractivity contribution in [3.05, 3.63) is 28.0 Å². The van der Waals surface area contributed by atoms with Crippen LogP contribution in [0.4, 0.5) is 10.1 Å². The molecule has 0 unspecified atom stereocenters. The Hall–Kier alpha value is -1.63. The summed E-state index contributed by atoms with van der Waals surface area (Å²) in [4.78, 5) is 24.4. The lowest BCUT2D eigenvalue weighted by Gasteiger charge is -2.12. The maximum Gasteiger partial charge on any atom is 0.252 e. The third kappa shape index (κ3) is 3.43. The van der Waals surface area contributed by atoms with E-state index in [0.29, 0.717) is 0 Å². The zero-order chi connectivity index (χ0) is 13.9. The lowest BCUT2D eigenvalue weighted by Crippen LogP contribution is -2.36. The largest absolute Gasteiger partial charge is 0.396 e. The molecule has 0 radical (unpaired) electrons. The molecule has 1 aromatic rings. The van der Waals surface area contributed by atoms with Gasteiger partial charge in [-0.2, -0.15) is 0 Å². The lowest BCUT2D eigenvalue weighted by atomic mass is 10.2. The molecule has 0 fully saturated rings. The van der Waals surface area contributed by atoms with Gasteiger partial charge in [-0.1, -0.05) is 0 Å². The first-order valence-corrected chi connectivity index (χ1v) is 5.85. The molecule has 0 spiro atoms. The van der Waals surface area contributed by atoms with E-state index in [1.165, 1.54) is 11.0 Å². The van der Waals surface area contributed by atoms with Crippen molar-refractivity contribution in [2.75, 3.05) is 26.4 Å². The van der Waals surface area contributed by atoms with Gasteiger partial charge in [0, 0.05) is 18.6 Å². The highest BCUT2D eigenvalue weighted by atomic mass is 79.9. The Labute approximate surface area is 112 Å². The number of nitrogens with zero attached hydrogens (tertiary/aromatic N) is 1. The van der Waals surface area contributed by atoms with Crippen molar-refractivity contribution in [1.82, 2.24) is 10.2 Å². The first-order valence-electron chi connectivity index (χ1n) is 5.05. The molecule has 0 atom stereocenters. The number of hydrogen-bond acceptors (Lipinski definition) is 3. The lowest BCUT2D eigenvalue weighted by molar-refractivity contribution is -0.127. The van der Waals surface area contributed by atoms with Gasteiger partial charge in [0.25, 0.3) is 5.91 Å². The molecule has 0 saturated heterocycles. The van der Waals surface area contributed by atoms with E-state index in [-0.39, 0.29) is 28.2 Å². The van der Waals surface area contributed by atoms with Crippen molar-refractivity contribution in [3.8, 4) is 0 Å². The first-order chi connectivity index (χ1) is 8.32. The van der Waals surface area contributed by atoms with Crippen LogP contribution in [0.15, 0.2) is 16.6 Å². The van der Waals surface area contributed by atoms with E-state index in [2.05, 4.69) is 21.2 Å². The summed E-state index contributed by atoms with van der Waals surface area (Å²) in [7, 11) is 3.17. The van der Waals surface area contributed by atoms with Crippen molar-refractivity contribution in [3.63, 3.8) is 0 Å². The highest BCUT2D eigenvalue weighted by Gasteiger charge is 2.14. The fourth-order valence-corrected chi connectivity index (χ4v) is 1.64. The van der Waals surface area contributed by atoms with Crippen LogP contribution in [0.3, 0.4) is 0 Å². The van der Waals surface area contributed by atoms with Gasteiger partial charge in [0.15, 0.2) is 0 Å². The molecule has 98 valence electrons. The fourth-order valence-electron chi connectivity index (χ4n) is 1.15. The summed E-state index contributed by atoms with van der Waals surface area (Å²) in [6, 6.07) is 2.33. The van der Waals surface area contributed by atoms with E-state index in [4.69, 9.17) is 5.73 Å². The summed E-state index contributed by atoms with van der Waals surface area (Å²) in [5.74, 6) is -1.35. The van der Waals surface area contributed by atoms with Gasteiger partial charge in [-0.3, -0.25) is 9.59 Å². The number of halogens is 2. The molecule has 18 heavy (non-hydrogen) atoms. The van der Waals surface area contributed by atoms with Crippen LogP contribution in [0.5, 0.6) is 0 Å². The van der Waals surface area contributed by atoms with Crippen LogP contribution in [-0.2, 0) is 4.79 Å². The molecule has 2 amide bonds. The van der Waals surface area contributed by atoms with Crippen LogP contribution in [0.1, 0.15) is 10.4 Å². The third-order valence-electron chi connectivity index (χ3n) is 2.23. The number of anilines is 1. The van der Waals surface area contributed by atoms with E-state index in [1.807, 2.05) is 0 Å². The van der Waals surface area contributed by atoms with Crippen molar-refractivity contribution >= 4 is 33.4 Å². The number of hydrogen-bond donors (Lipinski definition) is 2. The molecular formula is C11H13BrFN3O2. The Bertz CT molecular complexity index is 491. The molecule has 0 aliphatic rings. The second-order valence-corrected chi connectivity index (χ2v) is 4.68. The molecule has 0 heterocycles. The molecule has 0 saturated carbocycles. The summed E-state index contributed by atoms with van der Waals surface area (Å²) in [5.41, 5.74) is 5.44. The molecule has 1 aromatic carbocycles. The number of nitrogen functional groups attached to an aromatic ring is 1. The second kappa shape index (κ2) is 5.81. The Balaban J connectivity index is 2.79. The number of nitrogens with one attached hydrogen (secondary N) is 1. The van der Waals surface area contributed by atoms with Gasteiger partial charge in [0.1, 0.15) is 5.82 Å². The van der Waals surface area contributed by atoms with Gasteiger partial charge in [-0.15, -0.1) is 0 Å². The summed E-state index contributed by atoms with van der Waals surface area (Å²) >= 11 is 3.07. The van der Waals surface area contributed by atoms with Crippen molar-refractivity contribution in [1.29, 1.82) is 0 Å². The van der Waals surface area contributed by atoms with Crippen molar-refractivity contribution < 1.29 is 14.0 Å². The molecule has 1 rings (SSSR count). The predicted octanol–water partition coefficient (Wildman–Crippen LogP) is 0.988. The van der Waals surface area contributed by atoms with Gasteiger partial charge < -0.3 is 16.0 Å². The highest BCUT2D eigenvalue weighted by molar-refractivity contribution is 9.10. The number of rotatable bonds is 3. The third-order valence-corrected chi connectivity index (χ3v) is 2.89. The van der Waals surface area contributed by atoms with Crippen LogP contribution >= 0.6 is 15.9 Å². The SMILES string of the molecule is CN(C)C(=O)CNC(=O)c1cc(N)c(F)cc1Br. The zero-order valence-corrected chi connectivity index (χ0v) is 11.5. The molecule has 0 aliphatic heterocycles. The zero-order valence-electron chi connectivity index (χ0n) is 9.96. The van der Waals surface area contributed by atoms with Crippen LogP contribution < -0.4 is 11.1 Å². The van der Waals surface area contributed by atoms with Crippen LogP contribution in [0, 0.1) is 5.82 Å². The summed E-state index contributed by atoms with van der Waals surface area (Å²) < 4.78 is 13.4. The minimum Gasteiger partial charge on any atom is -0.396 e. The van der Waals surface area contributed by atoms with E-state index < -0.39 is 11.7 Å². The van der Waals surface area contributed by atoms with Gasteiger partial charge in [-0.25, -0.2) is 4.39 Å². The Morgan fingerprint density at radius 1 is 1.44 bits per heavy atom. The Morgan fingerprint density at radius 2 is 2.06 bits per heavy atom. The summed E-state index contributed by atoms with van der Waals surface area (Å²) in [5, 5.41) is 2.43. The molecule has 7 heteroatoms. The quantitative estimate of drug-likeness (QED) is 0.816. The number of benzene rings is 1. The fraction of sp³-hybridized carbons (Fsp3) is 0.273.